The van der Waals surface area contributed by atoms with Crippen molar-refractivity contribution >= 4 is 17.1 Å². The number of hydrogen-bond acceptors (Lipinski definition) is 9. The zero-order valence-corrected chi connectivity index (χ0v) is 14.1. The van der Waals surface area contributed by atoms with Gasteiger partial charge in [0.05, 0.1) is 19.4 Å². The van der Waals surface area contributed by atoms with Crippen LogP contribution in [0.5, 0.6) is 5.88 Å². The molecule has 1 fully saturated rings. The number of carbonyl (C=O) groups is 1. The molecule has 0 amide bonds. The molecule has 1 aliphatic heterocycles. The Morgan fingerprint density at radius 2 is 2.08 bits per heavy atom. The van der Waals surface area contributed by atoms with Crippen LogP contribution in [0.1, 0.15) is 20.1 Å². The second-order valence-corrected chi connectivity index (χ2v) is 6.04. The van der Waals surface area contributed by atoms with E-state index in [2.05, 4.69) is 15.0 Å². The van der Waals surface area contributed by atoms with E-state index in [1.165, 1.54) is 24.3 Å². The molecule has 1 saturated heterocycles. The highest BCUT2D eigenvalue weighted by Crippen LogP contribution is 2.32. The smallest absolute Gasteiger partial charge is 0.308 e. The summed E-state index contributed by atoms with van der Waals surface area (Å²) in [5.74, 6) is -0.403. The number of ether oxygens (including phenoxy) is 3. The van der Waals surface area contributed by atoms with Gasteiger partial charge in [-0.2, -0.15) is 4.98 Å². The number of hydrogen-bond donors (Lipinski definition) is 2. The summed E-state index contributed by atoms with van der Waals surface area (Å²) in [4.78, 5) is 23.8. The first-order valence-electron chi connectivity index (χ1n) is 7.83. The standard InChI is InChI=1S/C15H20N4O6/c1-7(2)15(22)24-4-8-10(20)11(21)14(25-8)19-6-18-9-12(19)16-5-17-13(9)23-3/h5-8,10-11,14,20-21H,4H2,1-3H3/t8-,10-,11+,14-/m1/s1. The zero-order chi connectivity index (χ0) is 18.1. The van der Waals surface area contributed by atoms with Gasteiger partial charge in [-0.1, -0.05) is 13.8 Å². The maximum atomic E-state index is 11.6. The van der Waals surface area contributed by atoms with Crippen LogP contribution in [0.15, 0.2) is 12.7 Å². The first kappa shape index (κ1) is 17.5. The Morgan fingerprint density at radius 1 is 1.32 bits per heavy atom. The lowest BCUT2D eigenvalue weighted by Gasteiger charge is -2.16. The van der Waals surface area contributed by atoms with E-state index >= 15 is 0 Å². The number of aromatic nitrogens is 4. The van der Waals surface area contributed by atoms with E-state index in [-0.39, 0.29) is 12.5 Å². The molecular weight excluding hydrogens is 332 g/mol. The number of fused-ring (bicyclic) bond motifs is 1. The Labute approximate surface area is 143 Å². The van der Waals surface area contributed by atoms with Crippen LogP contribution in [0.3, 0.4) is 0 Å². The predicted octanol–water partition coefficient (Wildman–Crippen LogP) is -0.347. The summed E-state index contributed by atoms with van der Waals surface area (Å²) in [5, 5.41) is 20.5. The Kier molecular flexibility index (Phi) is 4.84. The van der Waals surface area contributed by atoms with Crippen molar-refractivity contribution in [3.05, 3.63) is 12.7 Å². The van der Waals surface area contributed by atoms with Gasteiger partial charge in [0.1, 0.15) is 31.2 Å². The van der Waals surface area contributed by atoms with Crippen molar-refractivity contribution in [3.63, 3.8) is 0 Å². The summed E-state index contributed by atoms with van der Waals surface area (Å²) in [7, 11) is 1.46. The fraction of sp³-hybridized carbons (Fsp3) is 0.600. The highest BCUT2D eigenvalue weighted by atomic mass is 16.6. The fourth-order valence-corrected chi connectivity index (χ4v) is 2.59. The van der Waals surface area contributed by atoms with Gasteiger partial charge in [0.25, 0.3) is 0 Å². The van der Waals surface area contributed by atoms with E-state index in [1.807, 2.05) is 0 Å². The molecule has 0 aliphatic carbocycles. The number of esters is 1. The second-order valence-electron chi connectivity index (χ2n) is 6.04. The van der Waals surface area contributed by atoms with E-state index in [4.69, 9.17) is 14.2 Å². The zero-order valence-electron chi connectivity index (χ0n) is 14.1. The molecule has 4 atom stereocenters. The molecule has 0 spiro atoms. The number of aliphatic hydroxyl groups excluding tert-OH is 2. The van der Waals surface area contributed by atoms with Crippen LogP contribution in [0, 0.1) is 5.92 Å². The third-order valence-corrected chi connectivity index (χ3v) is 3.99. The number of imidazole rings is 1. The molecule has 0 unspecified atom stereocenters. The molecule has 3 rings (SSSR count). The van der Waals surface area contributed by atoms with Crippen LogP contribution < -0.4 is 4.74 Å². The minimum atomic E-state index is -1.24. The summed E-state index contributed by atoms with van der Waals surface area (Å²) in [6.45, 7) is 3.25. The van der Waals surface area contributed by atoms with Crippen molar-refractivity contribution in [2.24, 2.45) is 5.92 Å². The molecule has 136 valence electrons. The van der Waals surface area contributed by atoms with Crippen LogP contribution in [0.25, 0.3) is 11.2 Å². The predicted molar refractivity (Wildman–Crippen MR) is 83.6 cm³/mol. The van der Waals surface area contributed by atoms with Gasteiger partial charge < -0.3 is 24.4 Å². The van der Waals surface area contributed by atoms with Gasteiger partial charge in [0, 0.05) is 0 Å². The van der Waals surface area contributed by atoms with Crippen molar-refractivity contribution in [3.8, 4) is 5.88 Å². The average Bonchev–Trinajstić information content (AvgIpc) is 3.15. The Hall–Kier alpha value is -2.30. The van der Waals surface area contributed by atoms with E-state index in [1.54, 1.807) is 13.8 Å². The first-order chi connectivity index (χ1) is 11.9. The molecule has 10 heteroatoms. The van der Waals surface area contributed by atoms with Gasteiger partial charge >= 0.3 is 5.97 Å². The highest BCUT2D eigenvalue weighted by Gasteiger charge is 2.45. The molecule has 25 heavy (non-hydrogen) atoms. The van der Waals surface area contributed by atoms with E-state index < -0.39 is 30.5 Å². The lowest BCUT2D eigenvalue weighted by molar-refractivity contribution is -0.153. The molecule has 2 aromatic rings. The van der Waals surface area contributed by atoms with E-state index in [0.717, 1.165) is 0 Å². The minimum absolute atomic E-state index is 0.156. The monoisotopic (exact) mass is 352 g/mol. The molecule has 1 aliphatic rings. The van der Waals surface area contributed by atoms with Crippen molar-refractivity contribution in [1.29, 1.82) is 0 Å². The Balaban J connectivity index is 1.81. The van der Waals surface area contributed by atoms with Crippen molar-refractivity contribution in [2.45, 2.75) is 38.4 Å². The molecule has 0 aromatic carbocycles. The van der Waals surface area contributed by atoms with Crippen LogP contribution in [0.2, 0.25) is 0 Å². The second kappa shape index (κ2) is 6.90. The summed E-state index contributed by atoms with van der Waals surface area (Å²) < 4.78 is 17.4. The maximum absolute atomic E-state index is 11.6. The molecule has 10 nitrogen and oxygen atoms in total. The quantitative estimate of drug-likeness (QED) is 0.694. The summed E-state index contributed by atoms with van der Waals surface area (Å²) in [6, 6.07) is 0. The van der Waals surface area contributed by atoms with Crippen molar-refractivity contribution in [2.75, 3.05) is 13.7 Å². The van der Waals surface area contributed by atoms with Gasteiger partial charge in [0.15, 0.2) is 17.4 Å². The van der Waals surface area contributed by atoms with Gasteiger partial charge in [-0.25, -0.2) is 9.97 Å². The molecule has 3 heterocycles. The molecule has 2 N–H and O–H groups in total. The number of methoxy groups -OCH3 is 1. The molecule has 0 bridgehead atoms. The third kappa shape index (κ3) is 3.15. The lowest BCUT2D eigenvalue weighted by Crippen LogP contribution is -2.34. The van der Waals surface area contributed by atoms with E-state index in [0.29, 0.717) is 17.0 Å². The Morgan fingerprint density at radius 3 is 2.76 bits per heavy atom. The van der Waals surface area contributed by atoms with Crippen molar-refractivity contribution < 1.29 is 29.2 Å². The van der Waals surface area contributed by atoms with Gasteiger partial charge in [-0.05, 0) is 0 Å². The maximum Gasteiger partial charge on any atom is 0.308 e. The molecule has 2 aromatic heterocycles. The number of nitrogens with zero attached hydrogens (tertiary/aromatic N) is 4. The SMILES string of the molecule is COc1ncnc2c1ncn2[C@@H]1O[C@H](COC(=O)C(C)C)[C@@H](O)[C@@H]1O. The first-order valence-corrected chi connectivity index (χ1v) is 7.83. The van der Waals surface area contributed by atoms with Crippen LogP contribution in [-0.4, -0.2) is 67.7 Å². The van der Waals surface area contributed by atoms with Gasteiger partial charge in [0.2, 0.25) is 5.88 Å². The topological polar surface area (TPSA) is 129 Å². The van der Waals surface area contributed by atoms with Crippen LogP contribution >= 0.6 is 0 Å². The highest BCUT2D eigenvalue weighted by molar-refractivity contribution is 5.76. The largest absolute Gasteiger partial charge is 0.479 e. The average molecular weight is 352 g/mol. The van der Waals surface area contributed by atoms with Gasteiger partial charge in [-0.3, -0.25) is 9.36 Å². The fourth-order valence-electron chi connectivity index (χ4n) is 2.59. The van der Waals surface area contributed by atoms with Gasteiger partial charge in [-0.15, -0.1) is 0 Å². The number of rotatable bonds is 5. The Bertz CT molecular complexity index is 764. The molecular formula is C15H20N4O6. The minimum Gasteiger partial charge on any atom is -0.479 e. The number of aliphatic hydroxyl groups is 2. The van der Waals surface area contributed by atoms with E-state index in [9.17, 15) is 15.0 Å². The van der Waals surface area contributed by atoms with Crippen LogP contribution in [0.4, 0.5) is 0 Å². The summed E-state index contributed by atoms with van der Waals surface area (Å²) in [5.41, 5.74) is 0.799. The lowest BCUT2D eigenvalue weighted by atomic mass is 10.1. The normalized spacial score (nSPS) is 26.3. The molecule has 0 saturated carbocycles. The number of carbonyl (C=O) groups excluding carboxylic acids is 1. The van der Waals surface area contributed by atoms with Crippen LogP contribution in [-0.2, 0) is 14.3 Å². The summed E-state index contributed by atoms with van der Waals surface area (Å²) >= 11 is 0. The van der Waals surface area contributed by atoms with Crippen molar-refractivity contribution in [1.82, 2.24) is 19.5 Å². The molecule has 0 radical (unpaired) electrons. The summed E-state index contributed by atoms with van der Waals surface area (Å²) in [6.07, 6.45) is -1.51. The third-order valence-electron chi connectivity index (χ3n) is 3.99.